The smallest absolute Gasteiger partial charge is 0.271 e. The molecule has 1 heterocycles. The number of non-ortho nitro benzene ring substituents is 1. The number of aromatic nitrogens is 2. The van der Waals surface area contributed by atoms with E-state index in [-0.39, 0.29) is 16.7 Å². The Morgan fingerprint density at radius 1 is 1.29 bits per heavy atom. The van der Waals surface area contributed by atoms with Crippen molar-refractivity contribution in [1.82, 2.24) is 9.97 Å². The maximum atomic E-state index is 12.5. The number of imidazole rings is 1. The molecule has 24 heavy (non-hydrogen) atoms. The number of Topliss-reactive ketones (excluding diaryl/α,β-unsaturated/α-hetero) is 1. The second-order valence-corrected chi connectivity index (χ2v) is 7.10. The van der Waals surface area contributed by atoms with E-state index in [1.807, 2.05) is 6.07 Å². The first-order chi connectivity index (χ1) is 11.5. The lowest BCUT2D eigenvalue weighted by Crippen LogP contribution is -2.11. The minimum Gasteiger partial charge on any atom is -0.333 e. The molecule has 3 aromatic rings. The van der Waals surface area contributed by atoms with Crippen LogP contribution in [0.2, 0.25) is 5.02 Å². The van der Waals surface area contributed by atoms with Crippen LogP contribution in [0.15, 0.2) is 41.6 Å². The van der Waals surface area contributed by atoms with Gasteiger partial charge in [0.25, 0.3) is 5.69 Å². The number of nitro groups is 1. The summed E-state index contributed by atoms with van der Waals surface area (Å²) in [5.74, 6) is 0.0538. The highest BCUT2D eigenvalue weighted by Crippen LogP contribution is 2.35. The van der Waals surface area contributed by atoms with Gasteiger partial charge in [-0.05, 0) is 36.2 Å². The van der Waals surface area contributed by atoms with E-state index in [1.165, 1.54) is 23.9 Å². The lowest BCUT2D eigenvalue weighted by Gasteiger charge is -2.03. The molecule has 2 aromatic carbocycles. The van der Waals surface area contributed by atoms with Crippen LogP contribution >= 0.6 is 23.4 Å². The number of carbonyl (C=O) groups is 1. The van der Waals surface area contributed by atoms with Crippen molar-refractivity contribution in [1.29, 1.82) is 0 Å². The van der Waals surface area contributed by atoms with E-state index in [0.29, 0.717) is 33.2 Å². The Morgan fingerprint density at radius 3 is 2.92 bits per heavy atom. The highest BCUT2D eigenvalue weighted by Gasteiger charge is 2.32. The fourth-order valence-electron chi connectivity index (χ4n) is 2.81. The summed E-state index contributed by atoms with van der Waals surface area (Å²) in [6, 6.07) is 9.73. The molecule has 4 rings (SSSR count). The fourth-order valence-corrected chi connectivity index (χ4v) is 4.09. The van der Waals surface area contributed by atoms with Gasteiger partial charge in [0.1, 0.15) is 0 Å². The summed E-state index contributed by atoms with van der Waals surface area (Å²) >= 11 is 7.31. The van der Waals surface area contributed by atoms with Gasteiger partial charge < -0.3 is 4.98 Å². The fraction of sp³-hybridized carbons (Fsp3) is 0.125. The lowest BCUT2D eigenvalue weighted by molar-refractivity contribution is -0.384. The summed E-state index contributed by atoms with van der Waals surface area (Å²) in [5, 5.41) is 11.8. The number of H-pyrrole nitrogens is 1. The summed E-state index contributed by atoms with van der Waals surface area (Å²) in [7, 11) is 0. The molecule has 1 aliphatic rings. The lowest BCUT2D eigenvalue weighted by atomic mass is 10.1. The number of hydrogen-bond donors (Lipinski definition) is 1. The SMILES string of the molecule is O=C1c2ccc(Cl)cc2CC1Sc1nc2ccc([N+](=O)[O-])cc2[nH]1. The van der Waals surface area contributed by atoms with Crippen molar-refractivity contribution in [2.24, 2.45) is 0 Å². The first-order valence-electron chi connectivity index (χ1n) is 7.15. The molecule has 0 aliphatic heterocycles. The number of ketones is 1. The van der Waals surface area contributed by atoms with Gasteiger partial charge in [-0.15, -0.1) is 0 Å². The number of nitrogens with one attached hydrogen (secondary N) is 1. The van der Waals surface area contributed by atoms with Crippen LogP contribution in [0.1, 0.15) is 15.9 Å². The molecule has 0 amide bonds. The van der Waals surface area contributed by atoms with Crippen molar-refractivity contribution in [2.45, 2.75) is 16.8 Å². The number of fused-ring (bicyclic) bond motifs is 2. The maximum Gasteiger partial charge on any atom is 0.271 e. The van der Waals surface area contributed by atoms with Crippen LogP contribution in [-0.2, 0) is 6.42 Å². The summed E-state index contributed by atoms with van der Waals surface area (Å²) < 4.78 is 0. The van der Waals surface area contributed by atoms with Crippen LogP contribution in [0.4, 0.5) is 5.69 Å². The number of rotatable bonds is 3. The Balaban J connectivity index is 1.61. The molecule has 0 bridgehead atoms. The summed E-state index contributed by atoms with van der Waals surface area (Å²) in [6.07, 6.45) is 0.594. The van der Waals surface area contributed by atoms with Crippen LogP contribution in [0.25, 0.3) is 11.0 Å². The molecule has 120 valence electrons. The third kappa shape index (κ3) is 2.55. The number of halogens is 1. The topological polar surface area (TPSA) is 88.9 Å². The Labute approximate surface area is 145 Å². The van der Waals surface area contributed by atoms with Crippen molar-refractivity contribution in [2.75, 3.05) is 0 Å². The van der Waals surface area contributed by atoms with Crippen molar-refractivity contribution < 1.29 is 9.72 Å². The zero-order chi connectivity index (χ0) is 16.8. The predicted octanol–water partition coefficient (Wildman–Crippen LogP) is 4.02. The first kappa shape index (κ1) is 15.2. The second-order valence-electron chi connectivity index (χ2n) is 5.48. The molecular weight excluding hydrogens is 350 g/mol. The van der Waals surface area contributed by atoms with E-state index in [4.69, 9.17) is 11.6 Å². The third-order valence-electron chi connectivity index (χ3n) is 3.94. The van der Waals surface area contributed by atoms with Gasteiger partial charge in [0.2, 0.25) is 0 Å². The number of nitrogens with zero attached hydrogens (tertiary/aromatic N) is 2. The largest absolute Gasteiger partial charge is 0.333 e. The minimum absolute atomic E-state index is 0.00156. The number of nitro benzene ring substituents is 1. The van der Waals surface area contributed by atoms with E-state index in [2.05, 4.69) is 9.97 Å². The van der Waals surface area contributed by atoms with Crippen molar-refractivity contribution in [3.8, 4) is 0 Å². The normalized spacial score (nSPS) is 16.5. The molecule has 1 unspecified atom stereocenters. The number of hydrogen-bond acceptors (Lipinski definition) is 5. The van der Waals surface area contributed by atoms with Crippen LogP contribution in [0, 0.1) is 10.1 Å². The van der Waals surface area contributed by atoms with Crippen LogP contribution in [0.3, 0.4) is 0 Å². The molecular formula is C16H10ClN3O3S. The number of benzene rings is 2. The Bertz CT molecular complexity index is 1000. The summed E-state index contributed by atoms with van der Waals surface area (Å²) in [5.41, 5.74) is 2.86. The molecule has 0 radical (unpaired) electrons. The van der Waals surface area contributed by atoms with E-state index < -0.39 is 4.92 Å². The zero-order valence-corrected chi connectivity index (χ0v) is 13.7. The van der Waals surface area contributed by atoms with Gasteiger partial charge in [-0.25, -0.2) is 4.98 Å². The first-order valence-corrected chi connectivity index (χ1v) is 8.40. The van der Waals surface area contributed by atoms with Gasteiger partial charge in [-0.2, -0.15) is 0 Å². The van der Waals surface area contributed by atoms with Gasteiger partial charge in [-0.3, -0.25) is 14.9 Å². The molecule has 1 N–H and O–H groups in total. The van der Waals surface area contributed by atoms with Crippen molar-refractivity contribution in [3.05, 3.63) is 62.7 Å². The van der Waals surface area contributed by atoms with Crippen LogP contribution in [0.5, 0.6) is 0 Å². The van der Waals surface area contributed by atoms with Crippen LogP contribution < -0.4 is 0 Å². The average molecular weight is 360 g/mol. The molecule has 1 aliphatic carbocycles. The van der Waals surface area contributed by atoms with Gasteiger partial charge >= 0.3 is 0 Å². The molecule has 0 fully saturated rings. The standard InChI is InChI=1S/C16H10ClN3O3S/c17-9-1-3-11-8(5-9)6-14(15(11)21)24-16-18-12-4-2-10(20(22)23)7-13(12)19-16/h1-5,7,14H,6H2,(H,18,19). The molecule has 0 spiro atoms. The quantitative estimate of drug-likeness (QED) is 0.563. The average Bonchev–Trinajstić information content (AvgIpc) is 3.07. The van der Waals surface area contributed by atoms with Crippen molar-refractivity contribution in [3.63, 3.8) is 0 Å². The van der Waals surface area contributed by atoms with Gasteiger partial charge in [-0.1, -0.05) is 23.4 Å². The molecule has 1 aromatic heterocycles. The van der Waals surface area contributed by atoms with Gasteiger partial charge in [0.15, 0.2) is 10.9 Å². The van der Waals surface area contributed by atoms with Gasteiger partial charge in [0.05, 0.1) is 21.2 Å². The molecule has 8 heteroatoms. The second kappa shape index (κ2) is 5.61. The van der Waals surface area contributed by atoms with E-state index in [0.717, 1.165) is 5.56 Å². The maximum absolute atomic E-state index is 12.5. The van der Waals surface area contributed by atoms with E-state index in [9.17, 15) is 14.9 Å². The van der Waals surface area contributed by atoms with E-state index in [1.54, 1.807) is 18.2 Å². The van der Waals surface area contributed by atoms with E-state index >= 15 is 0 Å². The Morgan fingerprint density at radius 2 is 2.12 bits per heavy atom. The molecule has 0 saturated carbocycles. The Kier molecular flexibility index (Phi) is 3.54. The predicted molar refractivity (Wildman–Crippen MR) is 91.9 cm³/mol. The third-order valence-corrected chi connectivity index (χ3v) is 5.26. The molecule has 1 atom stereocenters. The summed E-state index contributed by atoms with van der Waals surface area (Å²) in [6.45, 7) is 0. The molecule has 6 nitrogen and oxygen atoms in total. The summed E-state index contributed by atoms with van der Waals surface area (Å²) in [4.78, 5) is 30.3. The highest BCUT2D eigenvalue weighted by molar-refractivity contribution is 8.00. The molecule has 0 saturated heterocycles. The zero-order valence-electron chi connectivity index (χ0n) is 12.2. The highest BCUT2D eigenvalue weighted by atomic mass is 35.5. The number of aromatic amines is 1. The minimum atomic E-state index is -0.450. The number of carbonyl (C=O) groups excluding carboxylic acids is 1. The van der Waals surface area contributed by atoms with Crippen molar-refractivity contribution >= 4 is 45.9 Å². The Hall–Kier alpha value is -2.38. The van der Waals surface area contributed by atoms with Gasteiger partial charge in [0, 0.05) is 22.7 Å². The van der Waals surface area contributed by atoms with Crippen LogP contribution in [-0.4, -0.2) is 25.9 Å². The number of thioether (sulfide) groups is 1. The monoisotopic (exact) mass is 359 g/mol.